The maximum atomic E-state index is 11.8. The maximum absolute atomic E-state index is 11.8. The molecule has 2 rings (SSSR count). The van der Waals surface area contributed by atoms with Crippen molar-refractivity contribution in [3.8, 4) is 5.75 Å². The lowest BCUT2D eigenvalue weighted by Gasteiger charge is -2.09. The smallest absolute Gasteiger partial charge is 0.291 e. The number of hydrogen-bond acceptors (Lipinski definition) is 4. The van der Waals surface area contributed by atoms with Crippen molar-refractivity contribution in [2.75, 3.05) is 6.54 Å². The largest absolute Gasteiger partial charge is 0.481 e. The van der Waals surface area contributed by atoms with E-state index in [1.54, 1.807) is 6.92 Å². The average molecular weight is 273 g/mol. The standard InChI is InChI=1S/C15H15NO4/c1-2-16-15(18)14-13(12(17)8-9-19-14)20-10-11-6-4-3-5-7-11/h3-9H,2,10H2,1H3,(H,16,18). The highest BCUT2D eigenvalue weighted by atomic mass is 16.5. The SMILES string of the molecule is CCNC(=O)c1occc(=O)c1OCc1ccccc1. The zero-order valence-electron chi connectivity index (χ0n) is 11.1. The van der Waals surface area contributed by atoms with Gasteiger partial charge in [0.15, 0.2) is 0 Å². The summed E-state index contributed by atoms with van der Waals surface area (Å²) in [7, 11) is 0. The minimum absolute atomic E-state index is 0.0673. The number of carbonyl (C=O) groups is 1. The third-order valence-electron chi connectivity index (χ3n) is 2.60. The summed E-state index contributed by atoms with van der Waals surface area (Å²) in [6.07, 6.45) is 1.18. The van der Waals surface area contributed by atoms with Crippen LogP contribution in [0, 0.1) is 0 Å². The molecule has 104 valence electrons. The van der Waals surface area contributed by atoms with E-state index in [0.717, 1.165) is 5.56 Å². The predicted molar refractivity (Wildman–Crippen MR) is 73.8 cm³/mol. The molecule has 0 atom stereocenters. The first-order chi connectivity index (χ1) is 9.72. The van der Waals surface area contributed by atoms with Crippen LogP contribution in [0.15, 0.2) is 51.9 Å². The predicted octanol–water partition coefficient (Wildman–Crippen LogP) is 1.97. The second-order valence-electron chi connectivity index (χ2n) is 4.08. The van der Waals surface area contributed by atoms with Crippen LogP contribution in [0.5, 0.6) is 5.75 Å². The highest BCUT2D eigenvalue weighted by molar-refractivity contribution is 5.93. The third kappa shape index (κ3) is 3.26. The molecule has 2 aromatic rings. The minimum atomic E-state index is -0.465. The van der Waals surface area contributed by atoms with E-state index in [9.17, 15) is 9.59 Å². The van der Waals surface area contributed by atoms with Crippen molar-refractivity contribution in [2.45, 2.75) is 13.5 Å². The van der Waals surface area contributed by atoms with E-state index >= 15 is 0 Å². The van der Waals surface area contributed by atoms with Gasteiger partial charge in [-0.2, -0.15) is 0 Å². The maximum Gasteiger partial charge on any atom is 0.291 e. The van der Waals surface area contributed by atoms with E-state index in [-0.39, 0.29) is 23.5 Å². The molecule has 0 saturated carbocycles. The third-order valence-corrected chi connectivity index (χ3v) is 2.60. The molecule has 5 nitrogen and oxygen atoms in total. The van der Waals surface area contributed by atoms with Crippen molar-refractivity contribution >= 4 is 5.91 Å². The van der Waals surface area contributed by atoms with Crippen LogP contribution in [0.25, 0.3) is 0 Å². The molecule has 1 amide bonds. The molecule has 1 aromatic carbocycles. The van der Waals surface area contributed by atoms with Crippen LogP contribution in [0.4, 0.5) is 0 Å². The monoisotopic (exact) mass is 273 g/mol. The lowest BCUT2D eigenvalue weighted by atomic mass is 10.2. The Labute approximate surface area is 116 Å². The van der Waals surface area contributed by atoms with E-state index in [1.807, 2.05) is 30.3 Å². The molecule has 0 spiro atoms. The van der Waals surface area contributed by atoms with Crippen molar-refractivity contribution < 1.29 is 13.9 Å². The number of benzene rings is 1. The Balaban J connectivity index is 2.22. The van der Waals surface area contributed by atoms with Crippen LogP contribution in [0.1, 0.15) is 23.0 Å². The number of nitrogens with one attached hydrogen (secondary N) is 1. The average Bonchev–Trinajstić information content (AvgIpc) is 2.47. The van der Waals surface area contributed by atoms with Gasteiger partial charge in [0.05, 0.1) is 6.26 Å². The van der Waals surface area contributed by atoms with Gasteiger partial charge in [-0.25, -0.2) is 0 Å². The Morgan fingerprint density at radius 3 is 2.70 bits per heavy atom. The lowest BCUT2D eigenvalue weighted by molar-refractivity contribution is 0.0917. The fourth-order valence-electron chi connectivity index (χ4n) is 1.67. The molecule has 1 N–H and O–H groups in total. The summed E-state index contributed by atoms with van der Waals surface area (Å²) < 4.78 is 10.6. The molecule has 0 unspecified atom stereocenters. The lowest BCUT2D eigenvalue weighted by Crippen LogP contribution is -2.25. The molecular weight excluding hydrogens is 258 g/mol. The molecule has 0 radical (unpaired) electrons. The Morgan fingerprint density at radius 1 is 1.25 bits per heavy atom. The summed E-state index contributed by atoms with van der Waals surface area (Å²) in [5, 5.41) is 2.58. The number of ether oxygens (including phenoxy) is 1. The first kappa shape index (κ1) is 13.9. The zero-order chi connectivity index (χ0) is 14.4. The quantitative estimate of drug-likeness (QED) is 0.904. The number of rotatable bonds is 5. The molecule has 0 aliphatic rings. The van der Waals surface area contributed by atoms with Crippen LogP contribution in [0.3, 0.4) is 0 Å². The summed E-state index contributed by atoms with van der Waals surface area (Å²) in [5.74, 6) is -0.633. The van der Waals surface area contributed by atoms with Gasteiger partial charge in [-0.1, -0.05) is 30.3 Å². The van der Waals surface area contributed by atoms with Gasteiger partial charge >= 0.3 is 0 Å². The second-order valence-corrected chi connectivity index (χ2v) is 4.08. The fourth-order valence-corrected chi connectivity index (χ4v) is 1.67. The van der Waals surface area contributed by atoms with Gasteiger partial charge < -0.3 is 14.5 Å². The van der Waals surface area contributed by atoms with E-state index in [2.05, 4.69) is 5.32 Å². The van der Waals surface area contributed by atoms with Crippen LogP contribution in [-0.4, -0.2) is 12.5 Å². The summed E-state index contributed by atoms with van der Waals surface area (Å²) in [5.41, 5.74) is 0.519. The minimum Gasteiger partial charge on any atom is -0.481 e. The highest BCUT2D eigenvalue weighted by Crippen LogP contribution is 2.14. The summed E-state index contributed by atoms with van der Waals surface area (Å²) in [4.78, 5) is 23.6. The molecule has 1 heterocycles. The van der Waals surface area contributed by atoms with Crippen molar-refractivity contribution in [3.63, 3.8) is 0 Å². The van der Waals surface area contributed by atoms with Gasteiger partial charge in [0.25, 0.3) is 5.91 Å². The Kier molecular flexibility index (Phi) is 4.55. The van der Waals surface area contributed by atoms with Crippen molar-refractivity contribution in [2.24, 2.45) is 0 Å². The first-order valence-corrected chi connectivity index (χ1v) is 6.29. The second kappa shape index (κ2) is 6.56. The number of amides is 1. The van der Waals surface area contributed by atoms with Crippen LogP contribution < -0.4 is 15.5 Å². The van der Waals surface area contributed by atoms with Crippen molar-refractivity contribution in [1.29, 1.82) is 0 Å². The van der Waals surface area contributed by atoms with E-state index in [1.165, 1.54) is 12.3 Å². The van der Waals surface area contributed by atoms with Crippen molar-refractivity contribution in [3.05, 3.63) is 64.2 Å². The van der Waals surface area contributed by atoms with Gasteiger partial charge in [-0.15, -0.1) is 0 Å². The molecule has 0 fully saturated rings. The van der Waals surface area contributed by atoms with Crippen LogP contribution >= 0.6 is 0 Å². The fraction of sp³-hybridized carbons (Fsp3) is 0.200. The highest BCUT2D eigenvalue weighted by Gasteiger charge is 2.18. The van der Waals surface area contributed by atoms with Gasteiger partial charge in [0, 0.05) is 12.6 Å². The normalized spacial score (nSPS) is 10.1. The van der Waals surface area contributed by atoms with E-state index < -0.39 is 5.91 Å². The molecule has 1 aromatic heterocycles. The Bertz CT molecular complexity index is 634. The molecule has 0 saturated heterocycles. The molecule has 0 aliphatic heterocycles. The van der Waals surface area contributed by atoms with Crippen LogP contribution in [-0.2, 0) is 6.61 Å². The summed E-state index contributed by atoms with van der Waals surface area (Å²) >= 11 is 0. The van der Waals surface area contributed by atoms with E-state index in [4.69, 9.17) is 9.15 Å². The molecule has 20 heavy (non-hydrogen) atoms. The van der Waals surface area contributed by atoms with E-state index in [0.29, 0.717) is 6.54 Å². The van der Waals surface area contributed by atoms with Crippen molar-refractivity contribution in [1.82, 2.24) is 5.32 Å². The molecular formula is C15H15NO4. The van der Waals surface area contributed by atoms with Gasteiger partial charge in [-0.3, -0.25) is 9.59 Å². The van der Waals surface area contributed by atoms with Crippen LogP contribution in [0.2, 0.25) is 0 Å². The summed E-state index contributed by atoms with van der Waals surface area (Å²) in [6, 6.07) is 10.6. The molecule has 0 bridgehead atoms. The van der Waals surface area contributed by atoms with Gasteiger partial charge in [0.1, 0.15) is 6.61 Å². The zero-order valence-corrected chi connectivity index (χ0v) is 11.1. The number of hydrogen-bond donors (Lipinski definition) is 1. The number of carbonyl (C=O) groups excluding carboxylic acids is 1. The molecule has 0 aliphatic carbocycles. The Hall–Kier alpha value is -2.56. The Morgan fingerprint density at radius 2 is 2.00 bits per heavy atom. The topological polar surface area (TPSA) is 68.5 Å². The van der Waals surface area contributed by atoms with Gasteiger partial charge in [0.2, 0.25) is 16.9 Å². The summed E-state index contributed by atoms with van der Waals surface area (Å²) in [6.45, 7) is 2.42. The molecule has 5 heteroatoms. The first-order valence-electron chi connectivity index (χ1n) is 6.29. The van der Waals surface area contributed by atoms with Gasteiger partial charge in [-0.05, 0) is 12.5 Å².